The summed E-state index contributed by atoms with van der Waals surface area (Å²) >= 11 is 5.58. The largest absolute Gasteiger partial charge is 0.351 e. The van der Waals surface area contributed by atoms with Gasteiger partial charge in [0, 0.05) is 13.0 Å². The maximum atomic E-state index is 11.6. The Labute approximate surface area is 108 Å². The van der Waals surface area contributed by atoms with Gasteiger partial charge in [0.25, 0.3) is 5.91 Å². The number of hydrogen-bond donors (Lipinski definition) is 2. The Hall–Kier alpha value is -2.02. The molecule has 0 fully saturated rings. The van der Waals surface area contributed by atoms with Crippen LogP contribution in [-0.4, -0.2) is 37.8 Å². The van der Waals surface area contributed by atoms with Gasteiger partial charge >= 0.3 is 0 Å². The van der Waals surface area contributed by atoms with Crippen LogP contribution in [-0.2, 0) is 6.42 Å². The maximum Gasteiger partial charge on any atom is 0.271 e. The second kappa shape index (κ2) is 6.06. The molecule has 2 heterocycles. The van der Waals surface area contributed by atoms with E-state index < -0.39 is 0 Å². The molecule has 0 saturated carbocycles. The summed E-state index contributed by atoms with van der Waals surface area (Å²) in [6.07, 6.45) is 2.95. The molecule has 0 bridgehead atoms. The molecular formula is C10H11ClN6O. The highest BCUT2D eigenvalue weighted by atomic mass is 35.5. The lowest BCUT2D eigenvalue weighted by atomic mass is 10.3. The highest BCUT2D eigenvalue weighted by molar-refractivity contribution is 6.29. The predicted molar refractivity (Wildman–Crippen MR) is 64.1 cm³/mol. The molecule has 18 heavy (non-hydrogen) atoms. The van der Waals surface area contributed by atoms with Gasteiger partial charge in [-0.05, 0) is 18.6 Å². The monoisotopic (exact) mass is 266 g/mol. The third-order valence-corrected chi connectivity index (χ3v) is 2.41. The van der Waals surface area contributed by atoms with E-state index in [1.54, 1.807) is 0 Å². The van der Waals surface area contributed by atoms with Crippen LogP contribution < -0.4 is 5.32 Å². The van der Waals surface area contributed by atoms with E-state index in [1.165, 1.54) is 18.5 Å². The van der Waals surface area contributed by atoms with E-state index in [0.29, 0.717) is 6.54 Å². The molecule has 1 amide bonds. The summed E-state index contributed by atoms with van der Waals surface area (Å²) in [5.74, 6) is 0.535. The Morgan fingerprint density at radius 2 is 2.28 bits per heavy atom. The lowest BCUT2D eigenvalue weighted by Gasteiger charge is -2.03. The molecule has 0 aromatic carbocycles. The van der Waals surface area contributed by atoms with E-state index in [2.05, 4.69) is 30.7 Å². The molecule has 0 aliphatic carbocycles. The summed E-state index contributed by atoms with van der Waals surface area (Å²) in [5.41, 5.74) is 0.249. The molecule has 2 N–H and O–H groups in total. The number of nitrogens with zero attached hydrogens (tertiary/aromatic N) is 4. The number of hydrogen-bond acceptors (Lipinski definition) is 5. The van der Waals surface area contributed by atoms with Crippen molar-refractivity contribution < 1.29 is 4.79 Å². The number of H-pyrrole nitrogens is 1. The SMILES string of the molecule is O=C(NCCCc1ncn[nH]1)c1ccc(Cl)nn1. The molecular weight excluding hydrogens is 256 g/mol. The fourth-order valence-corrected chi connectivity index (χ4v) is 1.44. The predicted octanol–water partition coefficient (Wildman–Crippen LogP) is 0.611. The topological polar surface area (TPSA) is 96.5 Å². The first kappa shape index (κ1) is 12.4. The summed E-state index contributed by atoms with van der Waals surface area (Å²) in [6.45, 7) is 0.532. The smallest absolute Gasteiger partial charge is 0.271 e. The van der Waals surface area contributed by atoms with Crippen molar-refractivity contribution >= 4 is 17.5 Å². The molecule has 2 rings (SSSR count). The Kier molecular flexibility index (Phi) is 4.19. The fraction of sp³-hybridized carbons (Fsp3) is 0.300. The standard InChI is InChI=1S/C10H11ClN6O/c11-8-4-3-7(15-16-8)10(18)12-5-1-2-9-13-6-14-17-9/h3-4,6H,1-2,5H2,(H,12,18)(H,13,14,17). The molecule has 7 nitrogen and oxygen atoms in total. The van der Waals surface area contributed by atoms with Crippen molar-refractivity contribution in [3.63, 3.8) is 0 Å². The van der Waals surface area contributed by atoms with E-state index in [0.717, 1.165) is 18.7 Å². The van der Waals surface area contributed by atoms with Crippen molar-refractivity contribution in [2.75, 3.05) is 6.54 Å². The number of aromatic amines is 1. The van der Waals surface area contributed by atoms with Crippen LogP contribution in [0.3, 0.4) is 0 Å². The molecule has 0 aliphatic heterocycles. The normalized spacial score (nSPS) is 10.3. The van der Waals surface area contributed by atoms with Crippen LogP contribution in [0.5, 0.6) is 0 Å². The Morgan fingerprint density at radius 1 is 1.39 bits per heavy atom. The van der Waals surface area contributed by atoms with Crippen LogP contribution in [0, 0.1) is 0 Å². The summed E-state index contributed by atoms with van der Waals surface area (Å²) in [6, 6.07) is 3.05. The highest BCUT2D eigenvalue weighted by Gasteiger charge is 2.06. The summed E-state index contributed by atoms with van der Waals surface area (Å²) in [7, 11) is 0. The first-order valence-corrected chi connectivity index (χ1v) is 5.75. The van der Waals surface area contributed by atoms with Crippen molar-refractivity contribution in [1.82, 2.24) is 30.7 Å². The zero-order valence-electron chi connectivity index (χ0n) is 9.43. The summed E-state index contributed by atoms with van der Waals surface area (Å²) < 4.78 is 0. The number of aromatic nitrogens is 5. The first-order valence-electron chi connectivity index (χ1n) is 5.37. The van der Waals surface area contributed by atoms with Gasteiger partial charge in [0.05, 0.1) is 0 Å². The van der Waals surface area contributed by atoms with Gasteiger partial charge in [0.2, 0.25) is 0 Å². The Morgan fingerprint density at radius 3 is 2.94 bits per heavy atom. The third-order valence-electron chi connectivity index (χ3n) is 2.21. The molecule has 0 atom stereocenters. The van der Waals surface area contributed by atoms with Crippen LogP contribution >= 0.6 is 11.6 Å². The Balaban J connectivity index is 1.73. The molecule has 0 spiro atoms. The van der Waals surface area contributed by atoms with Crippen LogP contribution in [0.4, 0.5) is 0 Å². The summed E-state index contributed by atoms with van der Waals surface area (Å²) in [5, 5.41) is 16.8. The molecule has 0 aliphatic rings. The zero-order valence-corrected chi connectivity index (χ0v) is 10.2. The average molecular weight is 267 g/mol. The minimum atomic E-state index is -0.267. The fourth-order valence-electron chi connectivity index (χ4n) is 1.34. The van der Waals surface area contributed by atoms with E-state index in [1.807, 2.05) is 0 Å². The van der Waals surface area contributed by atoms with E-state index in [-0.39, 0.29) is 16.8 Å². The molecule has 94 valence electrons. The highest BCUT2D eigenvalue weighted by Crippen LogP contribution is 2.02. The molecule has 2 aromatic rings. The Bertz CT molecular complexity index is 498. The van der Waals surface area contributed by atoms with Crippen LogP contribution in [0.15, 0.2) is 18.5 Å². The first-order chi connectivity index (χ1) is 8.75. The van der Waals surface area contributed by atoms with Crippen LogP contribution in [0.1, 0.15) is 22.7 Å². The van der Waals surface area contributed by atoms with Crippen molar-refractivity contribution in [2.45, 2.75) is 12.8 Å². The molecule has 0 unspecified atom stereocenters. The van der Waals surface area contributed by atoms with Crippen LogP contribution in [0.25, 0.3) is 0 Å². The minimum absolute atomic E-state index is 0.249. The van der Waals surface area contributed by atoms with E-state index in [4.69, 9.17) is 11.6 Å². The molecule has 0 radical (unpaired) electrons. The lowest BCUT2D eigenvalue weighted by Crippen LogP contribution is -2.26. The summed E-state index contributed by atoms with van der Waals surface area (Å²) in [4.78, 5) is 15.6. The number of halogens is 1. The zero-order chi connectivity index (χ0) is 12.8. The van der Waals surface area contributed by atoms with Gasteiger partial charge < -0.3 is 5.32 Å². The van der Waals surface area contributed by atoms with Gasteiger partial charge in [-0.3, -0.25) is 9.89 Å². The van der Waals surface area contributed by atoms with Crippen molar-refractivity contribution in [1.29, 1.82) is 0 Å². The average Bonchev–Trinajstić information content (AvgIpc) is 2.88. The number of amides is 1. The number of aryl methyl sites for hydroxylation is 1. The van der Waals surface area contributed by atoms with Crippen molar-refractivity contribution in [3.8, 4) is 0 Å². The molecule has 0 saturated heterocycles. The van der Waals surface area contributed by atoms with Gasteiger partial charge in [-0.25, -0.2) is 4.98 Å². The van der Waals surface area contributed by atoms with E-state index >= 15 is 0 Å². The van der Waals surface area contributed by atoms with Crippen molar-refractivity contribution in [2.24, 2.45) is 0 Å². The van der Waals surface area contributed by atoms with Gasteiger partial charge in [-0.2, -0.15) is 5.10 Å². The van der Waals surface area contributed by atoms with Gasteiger partial charge in [-0.15, -0.1) is 10.2 Å². The van der Waals surface area contributed by atoms with Gasteiger partial charge in [-0.1, -0.05) is 11.6 Å². The number of rotatable bonds is 5. The van der Waals surface area contributed by atoms with E-state index in [9.17, 15) is 4.79 Å². The second-order valence-electron chi connectivity index (χ2n) is 3.53. The number of carbonyl (C=O) groups is 1. The third kappa shape index (κ3) is 3.49. The number of carbonyl (C=O) groups excluding carboxylic acids is 1. The minimum Gasteiger partial charge on any atom is -0.351 e. The van der Waals surface area contributed by atoms with Crippen LogP contribution in [0.2, 0.25) is 5.15 Å². The lowest BCUT2D eigenvalue weighted by molar-refractivity contribution is 0.0947. The number of nitrogens with one attached hydrogen (secondary N) is 2. The van der Waals surface area contributed by atoms with Crippen molar-refractivity contribution in [3.05, 3.63) is 35.1 Å². The van der Waals surface area contributed by atoms with Gasteiger partial charge in [0.1, 0.15) is 12.2 Å². The quantitative estimate of drug-likeness (QED) is 0.773. The molecule has 8 heteroatoms. The van der Waals surface area contributed by atoms with Gasteiger partial charge in [0.15, 0.2) is 10.8 Å². The molecule has 2 aromatic heterocycles. The maximum absolute atomic E-state index is 11.6. The second-order valence-corrected chi connectivity index (χ2v) is 3.92.